The van der Waals surface area contributed by atoms with Crippen LogP contribution in [0.5, 0.6) is 0 Å². The van der Waals surface area contributed by atoms with Gasteiger partial charge in [0.2, 0.25) is 0 Å². The number of carbonyl (C=O) groups is 1. The van der Waals surface area contributed by atoms with Crippen molar-refractivity contribution >= 4 is 22.9 Å². The fraction of sp³-hybridized carbons (Fsp3) is 0.308. The van der Waals surface area contributed by atoms with Crippen molar-refractivity contribution in [3.63, 3.8) is 0 Å². The second-order valence-corrected chi connectivity index (χ2v) is 5.54. The molecule has 0 aliphatic heterocycles. The molecular formula is C13H17N3OS. The summed E-state index contributed by atoms with van der Waals surface area (Å²) < 4.78 is 0. The van der Waals surface area contributed by atoms with Gasteiger partial charge >= 0.3 is 0 Å². The standard InChI is InChI=1S/C13H17N3OS/c1-8(2)12(11-4-3-5-18-11)16-13(17)10-6-9(14)7-15-10/h3-8,12,15H,14H2,1-2H3,(H,16,17). The third-order valence-electron chi connectivity index (χ3n) is 2.75. The molecule has 0 fully saturated rings. The summed E-state index contributed by atoms with van der Waals surface area (Å²) in [4.78, 5) is 16.1. The molecule has 96 valence electrons. The van der Waals surface area contributed by atoms with Gasteiger partial charge in [0.25, 0.3) is 5.91 Å². The lowest BCUT2D eigenvalue weighted by atomic mass is 10.0. The molecule has 2 rings (SSSR count). The van der Waals surface area contributed by atoms with Gasteiger partial charge in [-0.05, 0) is 23.4 Å². The van der Waals surface area contributed by atoms with E-state index in [0.29, 0.717) is 17.3 Å². The molecule has 0 radical (unpaired) electrons. The molecule has 4 N–H and O–H groups in total. The van der Waals surface area contributed by atoms with Crippen LogP contribution in [0.4, 0.5) is 5.69 Å². The number of hydrogen-bond acceptors (Lipinski definition) is 3. The Hall–Kier alpha value is -1.75. The van der Waals surface area contributed by atoms with Gasteiger partial charge in [0, 0.05) is 16.8 Å². The molecule has 1 amide bonds. The first kappa shape index (κ1) is 12.7. The number of carbonyl (C=O) groups excluding carboxylic acids is 1. The van der Waals surface area contributed by atoms with Crippen molar-refractivity contribution in [2.45, 2.75) is 19.9 Å². The minimum absolute atomic E-state index is 0.0297. The zero-order chi connectivity index (χ0) is 13.1. The average Bonchev–Trinajstić information content (AvgIpc) is 2.95. The zero-order valence-electron chi connectivity index (χ0n) is 10.4. The maximum Gasteiger partial charge on any atom is 0.268 e. The molecule has 18 heavy (non-hydrogen) atoms. The smallest absolute Gasteiger partial charge is 0.268 e. The highest BCUT2D eigenvalue weighted by Crippen LogP contribution is 2.26. The summed E-state index contributed by atoms with van der Waals surface area (Å²) >= 11 is 1.65. The molecule has 4 nitrogen and oxygen atoms in total. The highest BCUT2D eigenvalue weighted by molar-refractivity contribution is 7.10. The summed E-state index contributed by atoms with van der Waals surface area (Å²) in [6, 6.07) is 5.70. The van der Waals surface area contributed by atoms with E-state index in [9.17, 15) is 4.79 Å². The lowest BCUT2D eigenvalue weighted by molar-refractivity contribution is 0.0922. The molecule has 1 atom stereocenters. The van der Waals surface area contributed by atoms with E-state index in [0.717, 1.165) is 4.88 Å². The highest BCUT2D eigenvalue weighted by Gasteiger charge is 2.20. The van der Waals surface area contributed by atoms with Gasteiger partial charge in [-0.1, -0.05) is 19.9 Å². The van der Waals surface area contributed by atoms with Crippen molar-refractivity contribution in [2.24, 2.45) is 5.92 Å². The summed E-state index contributed by atoms with van der Waals surface area (Å²) in [6.45, 7) is 4.18. The normalized spacial score (nSPS) is 12.6. The number of nitrogen functional groups attached to an aromatic ring is 1. The number of hydrogen-bond donors (Lipinski definition) is 3. The second-order valence-electron chi connectivity index (χ2n) is 4.56. The van der Waals surface area contributed by atoms with E-state index in [2.05, 4.69) is 24.1 Å². The van der Waals surface area contributed by atoms with Crippen molar-refractivity contribution in [1.82, 2.24) is 10.3 Å². The SMILES string of the molecule is CC(C)C(NC(=O)c1cc(N)c[nH]1)c1cccs1. The Morgan fingerprint density at radius 2 is 2.28 bits per heavy atom. The van der Waals surface area contributed by atoms with Crippen LogP contribution >= 0.6 is 11.3 Å². The Bertz CT molecular complexity index is 516. The number of aromatic nitrogens is 1. The predicted octanol–water partition coefficient (Wildman–Crippen LogP) is 2.79. The summed E-state index contributed by atoms with van der Waals surface area (Å²) in [5.41, 5.74) is 6.65. The fourth-order valence-electron chi connectivity index (χ4n) is 1.80. The molecule has 5 heteroatoms. The molecule has 2 aromatic rings. The van der Waals surface area contributed by atoms with Crippen LogP contribution in [0, 0.1) is 5.92 Å². The second kappa shape index (κ2) is 5.27. The van der Waals surface area contributed by atoms with Crippen molar-refractivity contribution < 1.29 is 4.79 Å². The Balaban J connectivity index is 2.13. The number of rotatable bonds is 4. The summed E-state index contributed by atoms with van der Waals surface area (Å²) in [5.74, 6) is 0.207. The number of nitrogens with two attached hydrogens (primary N) is 1. The van der Waals surface area contributed by atoms with Crippen LogP contribution in [0.1, 0.15) is 35.3 Å². The molecular weight excluding hydrogens is 246 g/mol. The first-order chi connectivity index (χ1) is 8.58. The Labute approximate surface area is 110 Å². The molecule has 0 bridgehead atoms. The lowest BCUT2D eigenvalue weighted by Gasteiger charge is -2.20. The van der Waals surface area contributed by atoms with Gasteiger partial charge in [0.05, 0.1) is 6.04 Å². The highest BCUT2D eigenvalue weighted by atomic mass is 32.1. The molecule has 1 unspecified atom stereocenters. The van der Waals surface area contributed by atoms with Gasteiger partial charge in [0.15, 0.2) is 0 Å². The molecule has 0 aromatic carbocycles. The van der Waals surface area contributed by atoms with E-state index in [4.69, 9.17) is 5.73 Å². The maximum atomic E-state index is 12.1. The van der Waals surface area contributed by atoms with E-state index >= 15 is 0 Å². The summed E-state index contributed by atoms with van der Waals surface area (Å²) in [6.07, 6.45) is 1.62. The molecule has 0 saturated heterocycles. The molecule has 0 aliphatic rings. The van der Waals surface area contributed by atoms with Crippen LogP contribution in [0.3, 0.4) is 0 Å². The summed E-state index contributed by atoms with van der Waals surface area (Å²) in [5, 5.41) is 5.05. The molecule has 2 heterocycles. The minimum atomic E-state index is -0.126. The Kier molecular flexibility index (Phi) is 3.72. The van der Waals surface area contributed by atoms with Gasteiger partial charge in [-0.2, -0.15) is 0 Å². The van der Waals surface area contributed by atoms with Crippen molar-refractivity contribution in [2.75, 3.05) is 5.73 Å². The van der Waals surface area contributed by atoms with Crippen LogP contribution in [0.25, 0.3) is 0 Å². The maximum absolute atomic E-state index is 12.1. The topological polar surface area (TPSA) is 70.9 Å². The third kappa shape index (κ3) is 2.73. The Morgan fingerprint density at radius 3 is 2.78 bits per heavy atom. The lowest BCUT2D eigenvalue weighted by Crippen LogP contribution is -2.31. The molecule has 2 aromatic heterocycles. The molecule has 0 spiro atoms. The minimum Gasteiger partial charge on any atom is -0.397 e. The number of anilines is 1. The van der Waals surface area contributed by atoms with Crippen LogP contribution in [0.2, 0.25) is 0 Å². The number of amides is 1. The van der Waals surface area contributed by atoms with Crippen LogP contribution < -0.4 is 11.1 Å². The monoisotopic (exact) mass is 263 g/mol. The first-order valence-electron chi connectivity index (χ1n) is 5.86. The molecule has 0 saturated carbocycles. The number of aromatic amines is 1. The van der Waals surface area contributed by atoms with Crippen LogP contribution in [-0.4, -0.2) is 10.9 Å². The Morgan fingerprint density at radius 1 is 1.50 bits per heavy atom. The van der Waals surface area contributed by atoms with E-state index < -0.39 is 0 Å². The first-order valence-corrected chi connectivity index (χ1v) is 6.74. The van der Waals surface area contributed by atoms with Crippen LogP contribution in [0.15, 0.2) is 29.8 Å². The third-order valence-corrected chi connectivity index (χ3v) is 3.71. The molecule has 0 aliphatic carbocycles. The number of thiophene rings is 1. The zero-order valence-corrected chi connectivity index (χ0v) is 11.3. The van der Waals surface area contributed by atoms with Gasteiger partial charge in [-0.25, -0.2) is 0 Å². The summed E-state index contributed by atoms with van der Waals surface area (Å²) in [7, 11) is 0. The fourth-order valence-corrected chi connectivity index (χ4v) is 2.74. The van der Waals surface area contributed by atoms with Crippen molar-refractivity contribution in [3.8, 4) is 0 Å². The van der Waals surface area contributed by atoms with Gasteiger partial charge in [0.1, 0.15) is 5.69 Å². The average molecular weight is 263 g/mol. The van der Waals surface area contributed by atoms with E-state index in [1.807, 2.05) is 17.5 Å². The van der Waals surface area contributed by atoms with Crippen molar-refractivity contribution in [1.29, 1.82) is 0 Å². The van der Waals surface area contributed by atoms with Crippen LogP contribution in [-0.2, 0) is 0 Å². The predicted molar refractivity (Wildman–Crippen MR) is 74.6 cm³/mol. The van der Waals surface area contributed by atoms with E-state index in [1.54, 1.807) is 23.6 Å². The van der Waals surface area contributed by atoms with Crippen molar-refractivity contribution in [3.05, 3.63) is 40.3 Å². The van der Waals surface area contributed by atoms with Gasteiger partial charge in [-0.15, -0.1) is 11.3 Å². The van der Waals surface area contributed by atoms with E-state index in [1.165, 1.54) is 0 Å². The number of nitrogens with one attached hydrogen (secondary N) is 2. The largest absolute Gasteiger partial charge is 0.397 e. The van der Waals surface area contributed by atoms with Gasteiger partial charge in [-0.3, -0.25) is 4.79 Å². The van der Waals surface area contributed by atoms with E-state index in [-0.39, 0.29) is 11.9 Å². The quantitative estimate of drug-likeness (QED) is 0.793. The number of H-pyrrole nitrogens is 1. The van der Waals surface area contributed by atoms with Gasteiger partial charge < -0.3 is 16.0 Å².